The van der Waals surface area contributed by atoms with Gasteiger partial charge in [0.25, 0.3) is 0 Å². The average Bonchev–Trinajstić information content (AvgIpc) is 2.54. The summed E-state index contributed by atoms with van der Waals surface area (Å²) in [5, 5.41) is 0. The molecule has 0 unspecified atom stereocenters. The molecule has 0 spiro atoms. The highest BCUT2D eigenvalue weighted by molar-refractivity contribution is 7.89. The smallest absolute Gasteiger partial charge is 0.406 e. The molecule has 1 aromatic rings. The molecule has 1 aromatic carbocycles. The van der Waals surface area contributed by atoms with Gasteiger partial charge in [0.05, 0.1) is 11.0 Å². The largest absolute Gasteiger partial charge is 0.573 e. The lowest BCUT2D eigenvalue weighted by molar-refractivity contribution is -0.274. The Kier molecular flexibility index (Phi) is 7.09. The van der Waals surface area contributed by atoms with Gasteiger partial charge in [0, 0.05) is 19.2 Å². The van der Waals surface area contributed by atoms with Crippen molar-refractivity contribution in [1.29, 1.82) is 0 Å². The van der Waals surface area contributed by atoms with Crippen LogP contribution in [0.3, 0.4) is 0 Å². The third kappa shape index (κ3) is 7.21. The number of ether oxygens (including phenoxy) is 2. The summed E-state index contributed by atoms with van der Waals surface area (Å²) in [5.41, 5.74) is 0. The van der Waals surface area contributed by atoms with Gasteiger partial charge in [-0.2, -0.15) is 0 Å². The van der Waals surface area contributed by atoms with Crippen LogP contribution < -0.4 is 9.46 Å². The maximum atomic E-state index is 12.2. The Labute approximate surface area is 145 Å². The van der Waals surface area contributed by atoms with Crippen LogP contribution in [0.15, 0.2) is 29.2 Å². The van der Waals surface area contributed by atoms with E-state index in [2.05, 4.69) is 9.46 Å². The molecule has 0 heterocycles. The van der Waals surface area contributed by atoms with Gasteiger partial charge in [0.2, 0.25) is 10.0 Å². The summed E-state index contributed by atoms with van der Waals surface area (Å²) in [5.74, 6) is -0.573. The third-order valence-corrected chi connectivity index (χ3v) is 5.33. The van der Waals surface area contributed by atoms with Crippen molar-refractivity contribution in [3.63, 3.8) is 0 Å². The number of hydrogen-bond acceptors (Lipinski definition) is 4. The van der Waals surface area contributed by atoms with Crippen LogP contribution in [-0.2, 0) is 14.8 Å². The molecule has 5 nitrogen and oxygen atoms in total. The lowest BCUT2D eigenvalue weighted by Crippen LogP contribution is -2.26. The van der Waals surface area contributed by atoms with E-state index in [1.165, 1.54) is 18.6 Å². The Morgan fingerprint density at radius 3 is 2.56 bits per heavy atom. The minimum absolute atomic E-state index is 0.152. The molecule has 2 rings (SSSR count). The van der Waals surface area contributed by atoms with Crippen LogP contribution in [0, 0.1) is 0 Å². The molecular formula is C16H22F3NO4S. The summed E-state index contributed by atoms with van der Waals surface area (Å²) in [6.07, 6.45) is 1.51. The number of hydrogen-bond donors (Lipinski definition) is 1. The van der Waals surface area contributed by atoms with E-state index < -0.39 is 22.1 Å². The van der Waals surface area contributed by atoms with Crippen LogP contribution in [0.25, 0.3) is 0 Å². The molecular weight excluding hydrogens is 359 g/mol. The Balaban J connectivity index is 1.79. The Hall–Kier alpha value is -1.32. The van der Waals surface area contributed by atoms with E-state index in [0.29, 0.717) is 13.0 Å². The zero-order valence-corrected chi connectivity index (χ0v) is 14.5. The molecule has 0 bridgehead atoms. The molecule has 1 saturated carbocycles. The first kappa shape index (κ1) is 20.0. The summed E-state index contributed by atoms with van der Waals surface area (Å²) in [7, 11) is -3.90. The molecule has 0 radical (unpaired) electrons. The van der Waals surface area contributed by atoms with Crippen molar-refractivity contribution in [2.45, 2.75) is 55.9 Å². The molecule has 1 aliphatic carbocycles. The van der Waals surface area contributed by atoms with Crippen molar-refractivity contribution in [2.24, 2.45) is 0 Å². The fourth-order valence-electron chi connectivity index (χ4n) is 2.68. The zero-order valence-electron chi connectivity index (χ0n) is 13.7. The van der Waals surface area contributed by atoms with Crippen molar-refractivity contribution in [2.75, 3.05) is 13.2 Å². The van der Waals surface area contributed by atoms with E-state index in [4.69, 9.17) is 4.74 Å². The first-order chi connectivity index (χ1) is 11.8. The predicted octanol–water partition coefficient (Wildman–Crippen LogP) is 3.60. The summed E-state index contributed by atoms with van der Waals surface area (Å²) in [6, 6.07) is 4.30. The molecule has 0 aromatic heterocycles. The van der Waals surface area contributed by atoms with Crippen LogP contribution in [0.4, 0.5) is 13.2 Å². The van der Waals surface area contributed by atoms with E-state index in [-0.39, 0.29) is 17.5 Å². The highest BCUT2D eigenvalue weighted by Gasteiger charge is 2.31. The minimum atomic E-state index is -4.87. The number of sulfonamides is 1. The van der Waals surface area contributed by atoms with Gasteiger partial charge >= 0.3 is 6.36 Å². The quantitative estimate of drug-likeness (QED) is 0.699. The van der Waals surface area contributed by atoms with Gasteiger partial charge in [0.15, 0.2) is 0 Å². The molecule has 25 heavy (non-hydrogen) atoms. The average molecular weight is 381 g/mol. The van der Waals surface area contributed by atoms with E-state index in [9.17, 15) is 21.6 Å². The highest BCUT2D eigenvalue weighted by Crippen LogP contribution is 2.25. The van der Waals surface area contributed by atoms with Gasteiger partial charge < -0.3 is 9.47 Å². The van der Waals surface area contributed by atoms with E-state index >= 15 is 0 Å². The summed E-state index contributed by atoms with van der Waals surface area (Å²) >= 11 is 0. The SMILES string of the molecule is O=S(=O)(NCCCOC1CCCCC1)c1cccc(OC(F)(F)F)c1. The van der Waals surface area contributed by atoms with Gasteiger partial charge in [0.1, 0.15) is 5.75 Å². The second-order valence-corrected chi connectivity index (χ2v) is 7.67. The lowest BCUT2D eigenvalue weighted by atomic mass is 9.98. The topological polar surface area (TPSA) is 64.6 Å². The minimum Gasteiger partial charge on any atom is -0.406 e. The molecule has 0 saturated heterocycles. The molecule has 0 aliphatic heterocycles. The first-order valence-electron chi connectivity index (χ1n) is 8.23. The number of halogens is 3. The van der Waals surface area contributed by atoms with Crippen molar-refractivity contribution < 1.29 is 31.1 Å². The van der Waals surface area contributed by atoms with E-state index in [0.717, 1.165) is 37.8 Å². The number of alkyl halides is 3. The summed E-state index contributed by atoms with van der Waals surface area (Å²) in [4.78, 5) is -0.276. The Morgan fingerprint density at radius 1 is 1.16 bits per heavy atom. The molecule has 1 aliphatic rings. The third-order valence-electron chi connectivity index (χ3n) is 3.87. The van der Waals surface area contributed by atoms with Crippen LogP contribution in [0.2, 0.25) is 0 Å². The molecule has 1 fully saturated rings. The maximum absolute atomic E-state index is 12.2. The number of nitrogens with one attached hydrogen (secondary N) is 1. The van der Waals surface area contributed by atoms with Crippen LogP contribution in [0.1, 0.15) is 38.5 Å². The zero-order chi connectivity index (χ0) is 18.3. The van der Waals surface area contributed by atoms with Crippen molar-refractivity contribution in [1.82, 2.24) is 4.72 Å². The van der Waals surface area contributed by atoms with E-state index in [1.54, 1.807) is 0 Å². The van der Waals surface area contributed by atoms with Crippen molar-refractivity contribution in [3.8, 4) is 5.75 Å². The summed E-state index contributed by atoms with van der Waals surface area (Å²) < 4.78 is 72.7. The van der Waals surface area contributed by atoms with Crippen LogP contribution in [-0.4, -0.2) is 34.0 Å². The van der Waals surface area contributed by atoms with Gasteiger partial charge in [-0.15, -0.1) is 13.2 Å². The highest BCUT2D eigenvalue weighted by atomic mass is 32.2. The van der Waals surface area contributed by atoms with Crippen molar-refractivity contribution >= 4 is 10.0 Å². The number of rotatable bonds is 8. The van der Waals surface area contributed by atoms with Crippen LogP contribution >= 0.6 is 0 Å². The molecule has 0 amide bonds. The first-order valence-corrected chi connectivity index (χ1v) is 9.72. The summed E-state index contributed by atoms with van der Waals surface area (Å²) in [6.45, 7) is 0.601. The Bertz CT molecular complexity index is 643. The second-order valence-electron chi connectivity index (χ2n) is 5.90. The second kappa shape index (κ2) is 8.86. The molecule has 142 valence electrons. The monoisotopic (exact) mass is 381 g/mol. The number of benzene rings is 1. The fourth-order valence-corrected chi connectivity index (χ4v) is 3.79. The Morgan fingerprint density at radius 2 is 1.88 bits per heavy atom. The van der Waals surface area contributed by atoms with Crippen LogP contribution in [0.5, 0.6) is 5.75 Å². The van der Waals surface area contributed by atoms with Gasteiger partial charge in [-0.3, -0.25) is 0 Å². The maximum Gasteiger partial charge on any atom is 0.573 e. The predicted molar refractivity (Wildman–Crippen MR) is 85.8 cm³/mol. The molecule has 1 N–H and O–H groups in total. The fraction of sp³-hybridized carbons (Fsp3) is 0.625. The van der Waals surface area contributed by atoms with Gasteiger partial charge in [-0.25, -0.2) is 13.1 Å². The van der Waals surface area contributed by atoms with Crippen molar-refractivity contribution in [3.05, 3.63) is 24.3 Å². The van der Waals surface area contributed by atoms with Gasteiger partial charge in [-0.05, 0) is 31.4 Å². The standard InChI is InChI=1S/C16H22F3NO4S/c17-16(18,19)24-14-8-4-9-15(12-14)25(21,22)20-10-5-11-23-13-6-2-1-3-7-13/h4,8-9,12-13,20H,1-3,5-7,10-11H2. The van der Waals surface area contributed by atoms with E-state index in [1.807, 2.05) is 0 Å². The molecule has 0 atom stereocenters. The normalized spacial score (nSPS) is 16.8. The molecule has 9 heteroatoms. The van der Waals surface area contributed by atoms with Gasteiger partial charge in [-0.1, -0.05) is 25.3 Å². The lowest BCUT2D eigenvalue weighted by Gasteiger charge is -2.21.